The van der Waals surface area contributed by atoms with Gasteiger partial charge in [0, 0.05) is 4.99 Å². The highest BCUT2D eigenvalue weighted by Crippen LogP contribution is 2.27. The first kappa shape index (κ1) is 8.09. The van der Waals surface area contributed by atoms with Crippen molar-refractivity contribution in [1.82, 2.24) is 0 Å². The molecule has 0 aromatic rings. The first-order valence-corrected chi connectivity index (χ1v) is 3.26. The average molecular weight is 223 g/mol. The van der Waals surface area contributed by atoms with Crippen LogP contribution in [-0.2, 0) is 0 Å². The predicted octanol–water partition coefficient (Wildman–Crippen LogP) is 3.07. The molecule has 4 heteroatoms. The fourth-order valence-corrected chi connectivity index (χ4v) is 0.964. The predicted molar refractivity (Wildman–Crippen MR) is 37.0 cm³/mol. The van der Waals surface area contributed by atoms with Gasteiger partial charge in [0.2, 0.25) is 3.79 Å². The van der Waals surface area contributed by atoms with Crippen LogP contribution < -0.4 is 0 Å². The maximum absolute atomic E-state index is 5.22. The van der Waals surface area contributed by atoms with E-state index in [1.165, 1.54) is 6.08 Å². The van der Waals surface area contributed by atoms with Crippen LogP contribution in [0, 0.1) is 4.99 Å². The van der Waals surface area contributed by atoms with Crippen LogP contribution in [-0.4, -0.2) is 3.79 Å². The van der Waals surface area contributed by atoms with E-state index in [1.807, 2.05) is 0 Å². The van der Waals surface area contributed by atoms with Crippen LogP contribution >= 0.6 is 50.7 Å². The van der Waals surface area contributed by atoms with E-state index in [1.54, 1.807) is 0 Å². The summed E-state index contributed by atoms with van der Waals surface area (Å²) in [6.07, 6.45) is 1.28. The van der Waals surface area contributed by atoms with Crippen molar-refractivity contribution in [3.05, 3.63) is 11.1 Å². The second-order valence-corrected chi connectivity index (χ2v) is 3.62. The van der Waals surface area contributed by atoms with Gasteiger partial charge >= 0.3 is 0 Å². The molecule has 0 fully saturated rings. The van der Waals surface area contributed by atoms with Gasteiger partial charge in [-0.05, 0) is 22.0 Å². The smallest absolute Gasteiger partial charge is 0.0791 e. The molecule has 0 atom stereocenters. The van der Waals surface area contributed by atoms with Gasteiger partial charge < -0.3 is 0 Å². The van der Waals surface area contributed by atoms with Gasteiger partial charge in [0.05, 0.1) is 0 Å². The van der Waals surface area contributed by atoms with Crippen molar-refractivity contribution in [3.8, 4) is 0 Å². The minimum atomic E-state index is -1.32. The molecule has 0 spiro atoms. The Kier molecular flexibility index (Phi) is 3.68. The molecule has 0 aliphatic rings. The molecule has 41 valence electrons. The minimum Gasteiger partial charge on any atom is -0.0791 e. The van der Waals surface area contributed by atoms with E-state index in [0.29, 0.717) is 0 Å². The number of alkyl halides is 3. The number of halogens is 4. The molecule has 0 saturated heterocycles. The van der Waals surface area contributed by atoms with Crippen LogP contribution in [0.25, 0.3) is 0 Å². The lowest BCUT2D eigenvalue weighted by molar-refractivity contribution is 1.47. The lowest BCUT2D eigenvalue weighted by atomic mass is 10.7. The summed E-state index contributed by atoms with van der Waals surface area (Å²) in [6, 6.07) is 0. The first-order valence-electron chi connectivity index (χ1n) is 1.33. The zero-order valence-corrected chi connectivity index (χ0v) is 6.94. The molecule has 0 amide bonds. The Labute approximate surface area is 65.6 Å². The SMILES string of the molecule is ClC(Cl)(Cl)/C=[C]/Br. The summed E-state index contributed by atoms with van der Waals surface area (Å²) in [5.74, 6) is 0. The third-order valence-electron chi connectivity index (χ3n) is 0.218. The van der Waals surface area contributed by atoms with E-state index in [2.05, 4.69) is 20.9 Å². The second kappa shape index (κ2) is 3.18. The summed E-state index contributed by atoms with van der Waals surface area (Å²) in [6.45, 7) is 0. The van der Waals surface area contributed by atoms with Crippen molar-refractivity contribution in [2.75, 3.05) is 0 Å². The molecule has 0 unspecified atom stereocenters. The van der Waals surface area contributed by atoms with Crippen LogP contribution in [0.15, 0.2) is 6.08 Å². The largest absolute Gasteiger partial charge is 0.210 e. The summed E-state index contributed by atoms with van der Waals surface area (Å²) in [5.41, 5.74) is 0. The Morgan fingerprint density at radius 1 is 1.43 bits per heavy atom. The van der Waals surface area contributed by atoms with Crippen LogP contribution in [0.1, 0.15) is 0 Å². The number of rotatable bonds is 0. The number of hydrogen-bond donors (Lipinski definition) is 0. The van der Waals surface area contributed by atoms with Crippen LogP contribution in [0.2, 0.25) is 0 Å². The monoisotopic (exact) mass is 221 g/mol. The number of hydrogen-bond acceptors (Lipinski definition) is 0. The maximum Gasteiger partial charge on any atom is 0.210 e. The van der Waals surface area contributed by atoms with Crippen molar-refractivity contribution in [3.63, 3.8) is 0 Å². The van der Waals surface area contributed by atoms with Gasteiger partial charge in [-0.2, -0.15) is 0 Å². The third kappa shape index (κ3) is 7.09. The highest BCUT2D eigenvalue weighted by molar-refractivity contribution is 9.10. The van der Waals surface area contributed by atoms with E-state index in [-0.39, 0.29) is 0 Å². The van der Waals surface area contributed by atoms with Gasteiger partial charge in [-0.1, -0.05) is 34.8 Å². The minimum absolute atomic E-state index is 1.28. The second-order valence-electron chi connectivity index (χ2n) is 0.795. The zero-order valence-electron chi connectivity index (χ0n) is 3.09. The molecule has 0 heterocycles. The number of allylic oxidation sites excluding steroid dienone is 1. The summed E-state index contributed by atoms with van der Waals surface area (Å²) >= 11 is 18.5. The molecule has 0 saturated carbocycles. The van der Waals surface area contributed by atoms with Crippen molar-refractivity contribution in [2.45, 2.75) is 3.79 Å². The molecule has 7 heavy (non-hydrogen) atoms. The fraction of sp³-hybridized carbons (Fsp3) is 0.333. The Bertz CT molecular complexity index is 72.7. The molecule has 0 N–H and O–H groups in total. The average Bonchev–Trinajstić information content (AvgIpc) is 1.30. The molecule has 0 aromatic heterocycles. The summed E-state index contributed by atoms with van der Waals surface area (Å²) in [5, 5.41) is 0. The standard InChI is InChI=1S/C3HBrCl3/c4-2-1-3(5,6)7/h1H. The zero-order chi connectivity index (χ0) is 5.91. The summed E-state index contributed by atoms with van der Waals surface area (Å²) < 4.78 is -1.32. The van der Waals surface area contributed by atoms with Crippen molar-refractivity contribution >= 4 is 50.7 Å². The van der Waals surface area contributed by atoms with Gasteiger partial charge in [-0.3, -0.25) is 0 Å². The van der Waals surface area contributed by atoms with E-state index in [0.717, 1.165) is 0 Å². The molecular formula is C3HBrCl3. The Hall–Kier alpha value is 1.09. The Morgan fingerprint density at radius 3 is 1.86 bits per heavy atom. The van der Waals surface area contributed by atoms with E-state index in [4.69, 9.17) is 34.8 Å². The van der Waals surface area contributed by atoms with Gasteiger partial charge in [0.1, 0.15) is 0 Å². The molecule has 0 rings (SSSR count). The van der Waals surface area contributed by atoms with Crippen LogP contribution in [0.5, 0.6) is 0 Å². The fourth-order valence-electron chi connectivity index (χ4n) is 0.0619. The molecule has 0 nitrogen and oxygen atoms in total. The van der Waals surface area contributed by atoms with Gasteiger partial charge in [0.15, 0.2) is 0 Å². The summed E-state index contributed by atoms with van der Waals surface area (Å²) in [7, 11) is 0. The van der Waals surface area contributed by atoms with E-state index >= 15 is 0 Å². The topological polar surface area (TPSA) is 0 Å². The van der Waals surface area contributed by atoms with Crippen molar-refractivity contribution in [1.29, 1.82) is 0 Å². The molecule has 1 radical (unpaired) electrons. The Morgan fingerprint density at radius 2 is 1.86 bits per heavy atom. The molecular weight excluding hydrogens is 222 g/mol. The van der Waals surface area contributed by atoms with E-state index < -0.39 is 3.79 Å². The quantitative estimate of drug-likeness (QED) is 0.554. The highest BCUT2D eigenvalue weighted by atomic mass is 79.9. The van der Waals surface area contributed by atoms with Gasteiger partial charge in [-0.15, -0.1) is 0 Å². The van der Waals surface area contributed by atoms with Crippen molar-refractivity contribution < 1.29 is 0 Å². The van der Waals surface area contributed by atoms with Crippen molar-refractivity contribution in [2.24, 2.45) is 0 Å². The highest BCUT2D eigenvalue weighted by Gasteiger charge is 2.12. The van der Waals surface area contributed by atoms with E-state index in [9.17, 15) is 0 Å². The van der Waals surface area contributed by atoms with Gasteiger partial charge in [0.25, 0.3) is 0 Å². The Balaban J connectivity index is 3.56. The lowest BCUT2D eigenvalue weighted by Crippen LogP contribution is -1.92. The molecule has 0 aliphatic carbocycles. The molecule has 0 aliphatic heterocycles. The molecule has 0 bridgehead atoms. The third-order valence-corrected chi connectivity index (χ3v) is 0.774. The summed E-state index contributed by atoms with van der Waals surface area (Å²) in [4.78, 5) is 2.40. The molecule has 0 aromatic carbocycles. The lowest BCUT2D eigenvalue weighted by Gasteiger charge is -1.98. The van der Waals surface area contributed by atoms with Gasteiger partial charge in [-0.25, -0.2) is 0 Å². The van der Waals surface area contributed by atoms with Crippen LogP contribution in [0.3, 0.4) is 0 Å². The first-order chi connectivity index (χ1) is 3.06. The van der Waals surface area contributed by atoms with Crippen LogP contribution in [0.4, 0.5) is 0 Å². The maximum atomic E-state index is 5.22. The normalized spacial score (nSPS) is 13.1.